The van der Waals surface area contributed by atoms with Crippen LogP contribution in [0.3, 0.4) is 0 Å². The number of hydrogen-bond donors (Lipinski definition) is 0. The van der Waals surface area contributed by atoms with Crippen molar-refractivity contribution in [2.24, 2.45) is 0 Å². The van der Waals surface area contributed by atoms with E-state index >= 15 is 0 Å². The number of methoxy groups -OCH3 is 1. The minimum atomic E-state index is -0.396. The molecule has 0 atom stereocenters. The van der Waals surface area contributed by atoms with E-state index in [2.05, 4.69) is 15.9 Å². The molecule has 0 aliphatic rings. The molecule has 6 heteroatoms. The molecule has 0 amide bonds. The summed E-state index contributed by atoms with van der Waals surface area (Å²) in [6, 6.07) is 14.1. The summed E-state index contributed by atoms with van der Waals surface area (Å²) >= 11 is 3.41. The Morgan fingerprint density at radius 2 is 1.88 bits per heavy atom. The van der Waals surface area contributed by atoms with Crippen molar-refractivity contribution < 1.29 is 23.7 Å². The summed E-state index contributed by atoms with van der Waals surface area (Å²) in [4.78, 5) is 12.1. The van der Waals surface area contributed by atoms with Gasteiger partial charge in [-0.05, 0) is 30.3 Å². The van der Waals surface area contributed by atoms with Gasteiger partial charge in [0.2, 0.25) is 0 Å². The normalized spacial score (nSPS) is 10.4. The summed E-state index contributed by atoms with van der Waals surface area (Å²) in [6.07, 6.45) is 0. The van der Waals surface area contributed by atoms with Crippen LogP contribution in [0.5, 0.6) is 11.5 Å². The van der Waals surface area contributed by atoms with Crippen LogP contribution in [-0.4, -0.2) is 33.1 Å². The van der Waals surface area contributed by atoms with Gasteiger partial charge in [-0.15, -0.1) is 0 Å². The number of esters is 1. The van der Waals surface area contributed by atoms with Crippen molar-refractivity contribution in [1.29, 1.82) is 0 Å². The molecule has 0 heterocycles. The summed E-state index contributed by atoms with van der Waals surface area (Å²) in [6.45, 7) is 1.11. The number of carbonyl (C=O) groups is 1. The van der Waals surface area contributed by atoms with Gasteiger partial charge in [-0.25, -0.2) is 4.79 Å². The molecule has 24 heavy (non-hydrogen) atoms. The average Bonchev–Trinajstić information content (AvgIpc) is 2.63. The molecule has 0 aliphatic carbocycles. The van der Waals surface area contributed by atoms with Crippen molar-refractivity contribution in [2.45, 2.75) is 5.33 Å². The summed E-state index contributed by atoms with van der Waals surface area (Å²) in [5, 5.41) is 0.567. The van der Waals surface area contributed by atoms with E-state index in [9.17, 15) is 4.79 Å². The average molecular weight is 395 g/mol. The maximum absolute atomic E-state index is 12.1. The Bertz CT molecular complexity index is 645. The van der Waals surface area contributed by atoms with Crippen LogP contribution in [0.2, 0.25) is 0 Å². The Balaban J connectivity index is 1.96. The van der Waals surface area contributed by atoms with Gasteiger partial charge < -0.3 is 18.9 Å². The monoisotopic (exact) mass is 394 g/mol. The Kier molecular flexibility index (Phi) is 7.74. The largest absolute Gasteiger partial charge is 0.467 e. The summed E-state index contributed by atoms with van der Waals surface area (Å²) in [7, 11) is 1.61. The van der Waals surface area contributed by atoms with Gasteiger partial charge in [0.1, 0.15) is 11.5 Å². The molecule has 0 aliphatic heterocycles. The predicted molar refractivity (Wildman–Crippen MR) is 93.8 cm³/mol. The molecular formula is C18H19BrO5. The highest BCUT2D eigenvalue weighted by molar-refractivity contribution is 9.08. The highest BCUT2D eigenvalue weighted by Gasteiger charge is 2.10. The fourth-order valence-electron chi connectivity index (χ4n) is 1.91. The highest BCUT2D eigenvalue weighted by atomic mass is 79.9. The van der Waals surface area contributed by atoms with Gasteiger partial charge in [0, 0.05) is 18.0 Å². The molecule has 0 bridgehead atoms. The third-order valence-electron chi connectivity index (χ3n) is 3.13. The Morgan fingerprint density at radius 3 is 2.58 bits per heavy atom. The third kappa shape index (κ3) is 5.63. The van der Waals surface area contributed by atoms with Gasteiger partial charge in [0.05, 0.1) is 18.8 Å². The van der Waals surface area contributed by atoms with E-state index < -0.39 is 5.97 Å². The smallest absolute Gasteiger partial charge is 0.343 e. The standard InChI is InChI=1S/C18H19BrO5/c1-21-9-10-22-13-23-17-8-7-16(11-15(17)12-19)24-18(20)14-5-3-2-4-6-14/h2-8,11H,9-10,12-13H2,1H3. The summed E-state index contributed by atoms with van der Waals surface area (Å²) < 4.78 is 21.1. The zero-order valence-corrected chi connectivity index (χ0v) is 15.0. The van der Waals surface area contributed by atoms with E-state index in [1.165, 1.54) is 0 Å². The van der Waals surface area contributed by atoms with Crippen molar-refractivity contribution in [3.8, 4) is 11.5 Å². The first-order valence-corrected chi connectivity index (χ1v) is 8.52. The zero-order chi connectivity index (χ0) is 17.2. The fraction of sp³-hybridized carbons (Fsp3) is 0.278. The molecule has 0 N–H and O–H groups in total. The van der Waals surface area contributed by atoms with Gasteiger partial charge in [-0.3, -0.25) is 0 Å². The number of halogens is 1. The van der Waals surface area contributed by atoms with E-state index in [0.717, 1.165) is 5.56 Å². The molecule has 0 radical (unpaired) electrons. The third-order valence-corrected chi connectivity index (χ3v) is 3.73. The number of ether oxygens (including phenoxy) is 4. The molecule has 2 aromatic rings. The second-order valence-electron chi connectivity index (χ2n) is 4.82. The number of carbonyl (C=O) groups excluding carboxylic acids is 1. The lowest BCUT2D eigenvalue weighted by molar-refractivity contribution is -0.00880. The van der Waals surface area contributed by atoms with Crippen LogP contribution in [-0.2, 0) is 14.8 Å². The predicted octanol–water partition coefficient (Wildman–Crippen LogP) is 3.80. The highest BCUT2D eigenvalue weighted by Crippen LogP contribution is 2.27. The number of benzene rings is 2. The molecule has 0 unspecified atom stereocenters. The van der Waals surface area contributed by atoms with Crippen LogP contribution >= 0.6 is 15.9 Å². The maximum Gasteiger partial charge on any atom is 0.343 e. The van der Waals surface area contributed by atoms with Crippen LogP contribution in [0.25, 0.3) is 0 Å². The van der Waals surface area contributed by atoms with Crippen LogP contribution < -0.4 is 9.47 Å². The van der Waals surface area contributed by atoms with Crippen LogP contribution in [0.15, 0.2) is 48.5 Å². The van der Waals surface area contributed by atoms with E-state index in [4.69, 9.17) is 18.9 Å². The van der Waals surface area contributed by atoms with Gasteiger partial charge >= 0.3 is 5.97 Å². The second kappa shape index (κ2) is 10.1. The molecule has 0 aromatic heterocycles. The molecule has 2 rings (SSSR count). The molecule has 0 fully saturated rings. The number of alkyl halides is 1. The van der Waals surface area contributed by atoms with Crippen LogP contribution in [0, 0.1) is 0 Å². The molecule has 0 spiro atoms. The summed E-state index contributed by atoms with van der Waals surface area (Å²) in [5.41, 5.74) is 1.37. The topological polar surface area (TPSA) is 54.0 Å². The van der Waals surface area contributed by atoms with Gasteiger partial charge in [-0.2, -0.15) is 0 Å². The van der Waals surface area contributed by atoms with Crippen molar-refractivity contribution in [1.82, 2.24) is 0 Å². The minimum absolute atomic E-state index is 0.131. The van der Waals surface area contributed by atoms with Gasteiger partial charge in [0.15, 0.2) is 6.79 Å². The molecule has 5 nitrogen and oxygen atoms in total. The SMILES string of the molecule is COCCOCOc1ccc(OC(=O)c2ccccc2)cc1CBr. The van der Waals surface area contributed by atoms with Crippen LogP contribution in [0.4, 0.5) is 0 Å². The van der Waals surface area contributed by atoms with Crippen molar-refractivity contribution in [2.75, 3.05) is 27.1 Å². The van der Waals surface area contributed by atoms with E-state index in [-0.39, 0.29) is 6.79 Å². The summed E-state index contributed by atoms with van der Waals surface area (Å²) in [5.74, 6) is 0.738. The first kappa shape index (κ1) is 18.4. The van der Waals surface area contributed by atoms with Crippen LogP contribution in [0.1, 0.15) is 15.9 Å². The Morgan fingerprint density at radius 1 is 1.08 bits per heavy atom. The molecular weight excluding hydrogens is 376 g/mol. The first-order valence-electron chi connectivity index (χ1n) is 7.40. The lowest BCUT2D eigenvalue weighted by Crippen LogP contribution is -2.10. The molecule has 0 saturated heterocycles. The fourth-order valence-corrected chi connectivity index (χ4v) is 2.35. The second-order valence-corrected chi connectivity index (χ2v) is 5.38. The maximum atomic E-state index is 12.1. The molecule has 2 aromatic carbocycles. The minimum Gasteiger partial charge on any atom is -0.467 e. The lowest BCUT2D eigenvalue weighted by atomic mass is 10.2. The first-order chi connectivity index (χ1) is 11.7. The van der Waals surface area contributed by atoms with Gasteiger partial charge in [0.25, 0.3) is 0 Å². The zero-order valence-electron chi connectivity index (χ0n) is 13.4. The molecule has 128 valence electrons. The Labute approximate surface area is 149 Å². The van der Waals surface area contributed by atoms with E-state index in [0.29, 0.717) is 35.6 Å². The van der Waals surface area contributed by atoms with Crippen molar-refractivity contribution in [3.05, 3.63) is 59.7 Å². The van der Waals surface area contributed by atoms with E-state index in [1.54, 1.807) is 49.6 Å². The number of rotatable bonds is 9. The van der Waals surface area contributed by atoms with Crippen molar-refractivity contribution in [3.63, 3.8) is 0 Å². The number of hydrogen-bond acceptors (Lipinski definition) is 5. The van der Waals surface area contributed by atoms with Gasteiger partial charge in [-0.1, -0.05) is 34.1 Å². The Hall–Kier alpha value is -1.89. The lowest BCUT2D eigenvalue weighted by Gasteiger charge is -2.12. The van der Waals surface area contributed by atoms with Crippen molar-refractivity contribution >= 4 is 21.9 Å². The molecule has 0 saturated carbocycles. The quantitative estimate of drug-likeness (QED) is 0.213. The van der Waals surface area contributed by atoms with E-state index in [1.807, 2.05) is 6.07 Å².